The molecule has 2 heterocycles. The van der Waals surface area contributed by atoms with Gasteiger partial charge in [0.2, 0.25) is 41.4 Å². The van der Waals surface area contributed by atoms with Crippen LogP contribution in [0.3, 0.4) is 0 Å². The van der Waals surface area contributed by atoms with Crippen molar-refractivity contribution in [2.45, 2.75) is 168 Å². The number of halogens is 1. The minimum absolute atomic E-state index is 0. The fraction of sp³-hybridized carbons (Fsp3) is 0.642. The molecule has 0 unspecified atom stereocenters. The molecular weight excluding hydrogens is 1350 g/mol. The van der Waals surface area contributed by atoms with Crippen LogP contribution in [0.4, 0.5) is 0 Å². The Morgan fingerprint density at radius 2 is 1.35 bits per heavy atom. The van der Waals surface area contributed by atoms with Crippen LogP contribution in [0.2, 0.25) is 5.02 Å². The van der Waals surface area contributed by atoms with Gasteiger partial charge < -0.3 is 84.8 Å². The number of aliphatic carboxylic acids is 1. The molecule has 2 aliphatic heterocycles. The number of benzene rings is 2. The van der Waals surface area contributed by atoms with E-state index in [0.717, 1.165) is 5.56 Å². The summed E-state index contributed by atoms with van der Waals surface area (Å²) in [4.78, 5) is 131. The van der Waals surface area contributed by atoms with Crippen molar-refractivity contribution in [3.8, 4) is 5.75 Å². The van der Waals surface area contributed by atoms with E-state index in [1.165, 1.54) is 13.2 Å². The summed E-state index contributed by atoms with van der Waals surface area (Å²) in [6.45, 7) is 13.8. The molecule has 0 saturated carbocycles. The van der Waals surface area contributed by atoms with E-state index in [1.807, 2.05) is 32.9 Å². The summed E-state index contributed by atoms with van der Waals surface area (Å²) in [7, 11) is -2.93. The average Bonchev–Trinajstić information content (AvgIpc) is 1.64. The molecule has 0 aliphatic carbocycles. The Balaban J connectivity index is 0.0000255. The maximum atomic E-state index is 14.1. The van der Waals surface area contributed by atoms with Gasteiger partial charge in [-0.15, -0.1) is 0 Å². The molecule has 32 heteroatoms. The van der Waals surface area contributed by atoms with E-state index < -0.39 is 129 Å². The van der Waals surface area contributed by atoms with Crippen molar-refractivity contribution >= 4 is 81.0 Å². The summed E-state index contributed by atoms with van der Waals surface area (Å²) < 4.78 is 77.0. The number of hydrogen-bond donors (Lipinski definition) is 8. The van der Waals surface area contributed by atoms with Crippen molar-refractivity contribution in [3.63, 3.8) is 0 Å². The zero-order valence-corrected chi connectivity index (χ0v) is 61.8. The number of esters is 2. The Bertz CT molecular complexity index is 3090. The molecule has 0 radical (unpaired) electrons. The third kappa shape index (κ3) is 34.7. The van der Waals surface area contributed by atoms with Gasteiger partial charge >= 0.3 is 47.5 Å². The number of methoxy groups -OCH3 is 1. The zero-order chi connectivity index (χ0) is 72.4. The van der Waals surface area contributed by atoms with E-state index in [1.54, 1.807) is 64.1 Å². The molecule has 0 spiro atoms. The number of carbonyl (C=O) groups is 10. The normalized spacial score (nSPS) is 19.3. The van der Waals surface area contributed by atoms with Crippen LogP contribution in [-0.2, 0) is 104 Å². The van der Waals surface area contributed by atoms with E-state index in [0.29, 0.717) is 34.7 Å². The Morgan fingerprint density at radius 1 is 0.747 bits per heavy atom. The molecule has 8 atom stereocenters. The number of rotatable bonds is 42. The second-order valence-electron chi connectivity index (χ2n) is 25.3. The van der Waals surface area contributed by atoms with Crippen LogP contribution in [0.1, 0.15) is 135 Å². The van der Waals surface area contributed by atoms with Crippen LogP contribution in [0, 0.1) is 23.2 Å². The summed E-state index contributed by atoms with van der Waals surface area (Å²) >= 11 is 6.40. The Hall–Kier alpha value is -6.32. The number of carboxylic acid groups (broad SMARTS) is 1. The number of hydrogen-bond acceptors (Lipinski definition) is 21. The number of ether oxygens (including phenoxy) is 8. The molecule has 548 valence electrons. The van der Waals surface area contributed by atoms with Crippen LogP contribution in [0.25, 0.3) is 0 Å². The molecule has 29 nitrogen and oxygen atoms in total. The van der Waals surface area contributed by atoms with E-state index in [4.69, 9.17) is 54.6 Å². The SMILES string of the molecule is COc1ccc(C[C@H]2NC(=O)/C=C/C[C@@H]([C@H](C)[C@H]3O[C@@H]3c3ccc(CNC(=O)[C@H](CCCCNC(=O)CCOCCOCCOCCOCCC(=O)NCCS(=O)(=O)[O-])NC(=O)[C@@H](NC(=O)CCCC(=O)O)C(C)C)cc3)OC(=O)[C@H](CC(C)C)OC(=O)C(C)(C)CNC2=O)cc1Cl.[Na+]. The van der Waals surface area contributed by atoms with Gasteiger partial charge in [-0.25, -0.2) is 13.2 Å². The van der Waals surface area contributed by atoms with Gasteiger partial charge in [0.05, 0.1) is 92.4 Å². The molecule has 2 aromatic rings. The van der Waals surface area contributed by atoms with Gasteiger partial charge in [0.15, 0.2) is 6.10 Å². The molecule has 2 aromatic carbocycles. The monoisotopic (exact) mass is 1440 g/mol. The van der Waals surface area contributed by atoms with Crippen molar-refractivity contribution in [2.75, 3.05) is 85.4 Å². The quantitative estimate of drug-likeness (QED) is 0.0147. The van der Waals surface area contributed by atoms with Gasteiger partial charge in [0, 0.05) is 70.6 Å². The van der Waals surface area contributed by atoms with Crippen molar-refractivity contribution in [1.29, 1.82) is 0 Å². The van der Waals surface area contributed by atoms with Crippen molar-refractivity contribution < 1.29 is 133 Å². The summed E-state index contributed by atoms with van der Waals surface area (Å²) in [6, 6.07) is 9.09. The number of carboxylic acids is 1. The third-order valence-electron chi connectivity index (χ3n) is 15.7. The standard InChI is InChI=1S/C67H100ClN7O22S.Na/c1-42(2)37-53-65(85)95-51(14-11-15-56(78)73-50(39-46-20-23-52(90-8)48(68)38-46)63(83)72-41-67(6,7)66(86)96-53)44(5)60-61(97-60)47-21-18-45(19-22-47)40-71-62(82)49(74-64(84)59(43(3)4)75-57(79)16-12-17-58(80)81)13-9-10-26-69-54(76)24-28-91-30-32-93-34-35-94-33-31-92-29-25-55(77)70-27-36-98(87,88)89;/h11,15,18-23,38,42-44,49-51,53,59-61H,9-10,12-14,16-17,24-37,39-41H2,1-8H3,(H,69,76)(H,70,77)(H,71,82)(H,72,83)(H,73,78)(H,74,84)(H,75,79)(H,80,81)(H,87,88,89);/q;+1/p-1/b15-11+;/t44-,49-,50+,51-,53-,59-,60+,61+;/m0./s1. The number of nitrogens with one attached hydrogen (secondary N) is 7. The van der Waals surface area contributed by atoms with Gasteiger partial charge in [0.25, 0.3) is 0 Å². The summed E-state index contributed by atoms with van der Waals surface area (Å²) in [5.41, 5.74) is 0.800. The maximum absolute atomic E-state index is 14.1. The molecule has 99 heavy (non-hydrogen) atoms. The van der Waals surface area contributed by atoms with Crippen molar-refractivity contribution in [2.24, 2.45) is 23.2 Å². The average molecular weight is 1450 g/mol. The predicted molar refractivity (Wildman–Crippen MR) is 356 cm³/mol. The molecule has 4 rings (SSSR count). The zero-order valence-electron chi connectivity index (χ0n) is 58.2. The van der Waals surface area contributed by atoms with E-state index in [9.17, 15) is 60.9 Å². The van der Waals surface area contributed by atoms with Gasteiger partial charge in [-0.3, -0.25) is 43.2 Å². The molecule has 2 aliphatic rings. The predicted octanol–water partition coefficient (Wildman–Crippen LogP) is 0.419. The minimum Gasteiger partial charge on any atom is -0.748 e. The summed E-state index contributed by atoms with van der Waals surface area (Å²) in [5, 5.41) is 28.4. The Morgan fingerprint density at radius 3 is 1.93 bits per heavy atom. The Labute approximate surface area is 606 Å². The van der Waals surface area contributed by atoms with E-state index in [-0.39, 0.29) is 178 Å². The fourth-order valence-corrected chi connectivity index (χ4v) is 10.6. The van der Waals surface area contributed by atoms with Crippen LogP contribution < -0.4 is 71.5 Å². The number of epoxide rings is 1. The van der Waals surface area contributed by atoms with E-state index >= 15 is 0 Å². The van der Waals surface area contributed by atoms with E-state index in [2.05, 4.69) is 37.2 Å². The number of unbranched alkanes of at least 4 members (excludes halogenated alkanes) is 1. The second kappa shape index (κ2) is 45.5. The van der Waals surface area contributed by atoms with Gasteiger partial charge in [-0.2, -0.15) is 0 Å². The Kier molecular flexibility index (Phi) is 40.0. The molecule has 1 saturated heterocycles. The van der Waals surface area contributed by atoms with Crippen molar-refractivity contribution in [3.05, 3.63) is 76.3 Å². The first-order chi connectivity index (χ1) is 46.5. The first kappa shape index (κ1) is 86.9. The number of carbonyl (C=O) groups excluding carboxylic acids is 9. The van der Waals surface area contributed by atoms with Gasteiger partial charge in [-0.05, 0) is 92.7 Å². The first-order valence-corrected chi connectivity index (χ1v) is 35.0. The van der Waals surface area contributed by atoms with Crippen LogP contribution in [0.15, 0.2) is 54.6 Å². The molecule has 0 bridgehead atoms. The molecule has 7 amide bonds. The number of amides is 7. The molecule has 8 N–H and O–H groups in total. The third-order valence-corrected chi connectivity index (χ3v) is 16.7. The number of cyclic esters (lactones) is 2. The maximum Gasteiger partial charge on any atom is 1.00 e. The first-order valence-electron chi connectivity index (χ1n) is 33.1. The van der Waals surface area contributed by atoms with Gasteiger partial charge in [-0.1, -0.05) is 82.6 Å². The van der Waals surface area contributed by atoms with Crippen molar-refractivity contribution in [1.82, 2.24) is 37.2 Å². The second-order valence-corrected chi connectivity index (χ2v) is 27.2. The van der Waals surface area contributed by atoms with Crippen LogP contribution in [0.5, 0.6) is 5.75 Å². The van der Waals surface area contributed by atoms with Gasteiger partial charge in [0.1, 0.15) is 36.1 Å². The molecular formula is C67H99ClN7NaO22S. The fourth-order valence-electron chi connectivity index (χ4n) is 9.96. The summed E-state index contributed by atoms with van der Waals surface area (Å²) in [6.07, 6.45) is 0.774. The largest absolute Gasteiger partial charge is 1.00 e. The molecule has 0 aromatic heterocycles. The van der Waals surface area contributed by atoms with Crippen LogP contribution >= 0.6 is 11.6 Å². The molecule has 1 fully saturated rings. The topological polar surface area (TPSA) is 409 Å². The van der Waals surface area contributed by atoms with Crippen LogP contribution in [-0.4, -0.2) is 199 Å². The minimum atomic E-state index is -4.41. The summed E-state index contributed by atoms with van der Waals surface area (Å²) in [5.74, 6) is -7.31. The smallest absolute Gasteiger partial charge is 0.748 e.